The van der Waals surface area contributed by atoms with Crippen LogP contribution in [0.5, 0.6) is 0 Å². The molecule has 7 heteroatoms. The fourth-order valence-electron chi connectivity index (χ4n) is 1.20. The quantitative estimate of drug-likeness (QED) is 0.834. The topological polar surface area (TPSA) is 54.9 Å². The number of halogens is 1. The van der Waals surface area contributed by atoms with Gasteiger partial charge in [-0.2, -0.15) is 4.37 Å². The van der Waals surface area contributed by atoms with Gasteiger partial charge in [0.1, 0.15) is 5.82 Å². The second kappa shape index (κ2) is 5.03. The van der Waals surface area contributed by atoms with Crippen molar-refractivity contribution in [2.45, 2.75) is 11.8 Å². The smallest absolute Gasteiger partial charge is 0.259 e. The molecule has 2 rings (SSSR count). The highest BCUT2D eigenvalue weighted by Crippen LogP contribution is 2.21. The molecular weight excluding hydrogens is 278 g/mol. The summed E-state index contributed by atoms with van der Waals surface area (Å²) in [6, 6.07) is 4.95. The molecule has 0 aliphatic rings. The number of carbonyl (C=O) groups is 1. The Morgan fingerprint density at radius 2 is 2.29 bits per heavy atom. The van der Waals surface area contributed by atoms with E-state index in [1.807, 2.05) is 0 Å². The highest BCUT2D eigenvalue weighted by atomic mass is 35.5. The summed E-state index contributed by atoms with van der Waals surface area (Å²) in [7, 11) is 0. The lowest BCUT2D eigenvalue weighted by atomic mass is 10.2. The first-order valence-electron chi connectivity index (χ1n) is 4.66. The molecule has 0 radical (unpaired) electrons. The maximum atomic E-state index is 11.9. The summed E-state index contributed by atoms with van der Waals surface area (Å²) in [5.74, 6) is 0.307. The van der Waals surface area contributed by atoms with Crippen LogP contribution in [-0.2, 0) is 0 Å². The van der Waals surface area contributed by atoms with Gasteiger partial charge < -0.3 is 0 Å². The van der Waals surface area contributed by atoms with E-state index in [0.717, 1.165) is 11.5 Å². The Hall–Kier alpha value is -1.11. The number of nitrogens with one attached hydrogen (secondary N) is 1. The highest BCUT2D eigenvalue weighted by Gasteiger charge is 2.12. The van der Waals surface area contributed by atoms with Crippen LogP contribution in [0.15, 0.2) is 23.1 Å². The summed E-state index contributed by atoms with van der Waals surface area (Å²) >= 11 is 11.2. The molecule has 0 fully saturated rings. The van der Waals surface area contributed by atoms with Gasteiger partial charge in [-0.15, -0.1) is 12.6 Å². The molecule has 0 aliphatic heterocycles. The summed E-state index contributed by atoms with van der Waals surface area (Å²) in [6.45, 7) is 1.76. The van der Waals surface area contributed by atoms with Gasteiger partial charge in [0.25, 0.3) is 5.91 Å². The molecule has 1 heterocycles. The third-order valence-corrected chi connectivity index (χ3v) is 3.27. The number of aryl methyl sites for hydroxylation is 1. The van der Waals surface area contributed by atoms with E-state index >= 15 is 0 Å². The molecule has 4 nitrogen and oxygen atoms in total. The number of benzene rings is 1. The largest absolute Gasteiger partial charge is 0.297 e. The van der Waals surface area contributed by atoms with Gasteiger partial charge in [0.15, 0.2) is 0 Å². The Kier molecular flexibility index (Phi) is 3.66. The Labute approximate surface area is 113 Å². The van der Waals surface area contributed by atoms with Gasteiger partial charge in [-0.3, -0.25) is 10.1 Å². The molecule has 17 heavy (non-hydrogen) atoms. The molecule has 88 valence electrons. The van der Waals surface area contributed by atoms with E-state index in [0.29, 0.717) is 26.4 Å². The van der Waals surface area contributed by atoms with Crippen LogP contribution in [0.1, 0.15) is 16.2 Å². The number of amides is 1. The van der Waals surface area contributed by atoms with Crippen molar-refractivity contribution in [2.75, 3.05) is 5.32 Å². The van der Waals surface area contributed by atoms with E-state index in [1.165, 1.54) is 0 Å². The SMILES string of the molecule is Cc1nsc(NC(=O)c2cc(S)ccc2Cl)n1. The second-order valence-electron chi connectivity index (χ2n) is 3.27. The molecule has 0 atom stereocenters. The molecule has 2 aromatic rings. The minimum Gasteiger partial charge on any atom is -0.297 e. The van der Waals surface area contributed by atoms with E-state index in [4.69, 9.17) is 11.6 Å². The number of nitrogens with zero attached hydrogens (tertiary/aromatic N) is 2. The van der Waals surface area contributed by atoms with Crippen LogP contribution in [0.25, 0.3) is 0 Å². The molecule has 0 saturated heterocycles. The fraction of sp³-hybridized carbons (Fsp3) is 0.100. The van der Waals surface area contributed by atoms with Gasteiger partial charge in [-0.1, -0.05) is 11.6 Å². The van der Waals surface area contributed by atoms with Crippen molar-refractivity contribution in [2.24, 2.45) is 0 Å². The minimum absolute atomic E-state index is 0.318. The Morgan fingerprint density at radius 3 is 2.94 bits per heavy atom. The van der Waals surface area contributed by atoms with Crippen molar-refractivity contribution in [1.82, 2.24) is 9.36 Å². The van der Waals surface area contributed by atoms with Crippen molar-refractivity contribution < 1.29 is 4.79 Å². The standard InChI is InChI=1S/C10H8ClN3OS2/c1-5-12-10(17-14-5)13-9(15)7-4-6(16)2-3-8(7)11/h2-4,16H,1H3,(H,12,13,14,15). The van der Waals surface area contributed by atoms with Crippen LogP contribution in [0.4, 0.5) is 5.13 Å². The molecule has 0 spiro atoms. The van der Waals surface area contributed by atoms with Crippen LogP contribution >= 0.6 is 35.8 Å². The van der Waals surface area contributed by atoms with E-state index in [2.05, 4.69) is 27.3 Å². The third kappa shape index (κ3) is 2.96. The van der Waals surface area contributed by atoms with Crippen molar-refractivity contribution in [1.29, 1.82) is 0 Å². The first-order valence-corrected chi connectivity index (χ1v) is 6.26. The van der Waals surface area contributed by atoms with Crippen molar-refractivity contribution in [3.63, 3.8) is 0 Å². The summed E-state index contributed by atoms with van der Waals surface area (Å²) < 4.78 is 3.97. The maximum Gasteiger partial charge on any atom is 0.259 e. The first-order chi connectivity index (χ1) is 8.06. The zero-order chi connectivity index (χ0) is 12.4. The van der Waals surface area contributed by atoms with Gasteiger partial charge in [-0.25, -0.2) is 4.98 Å². The van der Waals surface area contributed by atoms with Crippen LogP contribution in [0, 0.1) is 6.92 Å². The van der Waals surface area contributed by atoms with E-state index < -0.39 is 0 Å². The summed E-state index contributed by atoms with van der Waals surface area (Å²) in [4.78, 5) is 16.6. The van der Waals surface area contributed by atoms with Crippen molar-refractivity contribution in [3.05, 3.63) is 34.6 Å². The molecule has 0 saturated carbocycles. The van der Waals surface area contributed by atoms with Gasteiger partial charge in [0, 0.05) is 16.4 Å². The number of hydrogen-bond acceptors (Lipinski definition) is 5. The van der Waals surface area contributed by atoms with Gasteiger partial charge >= 0.3 is 0 Å². The first kappa shape index (κ1) is 12.3. The average molecular weight is 286 g/mol. The molecule has 1 aromatic heterocycles. The van der Waals surface area contributed by atoms with Crippen LogP contribution in [-0.4, -0.2) is 15.3 Å². The Bertz CT molecular complexity index is 570. The fourth-order valence-corrected chi connectivity index (χ4v) is 2.18. The molecule has 1 aromatic carbocycles. The third-order valence-electron chi connectivity index (χ3n) is 1.94. The van der Waals surface area contributed by atoms with Gasteiger partial charge in [-0.05, 0) is 25.1 Å². The lowest BCUT2D eigenvalue weighted by molar-refractivity contribution is 0.102. The number of rotatable bonds is 2. The summed E-state index contributed by atoms with van der Waals surface area (Å²) in [6.07, 6.45) is 0. The average Bonchev–Trinajstić information content (AvgIpc) is 2.67. The number of thiol groups is 1. The minimum atomic E-state index is -0.318. The summed E-state index contributed by atoms with van der Waals surface area (Å²) in [5.41, 5.74) is 0.368. The zero-order valence-corrected chi connectivity index (χ0v) is 11.2. The molecule has 0 aliphatic carbocycles. The van der Waals surface area contributed by atoms with Crippen LogP contribution in [0.3, 0.4) is 0 Å². The van der Waals surface area contributed by atoms with Crippen molar-refractivity contribution >= 4 is 46.8 Å². The monoisotopic (exact) mass is 285 g/mol. The number of hydrogen-bond donors (Lipinski definition) is 2. The molecular formula is C10H8ClN3OS2. The predicted octanol–water partition coefficient (Wildman–Crippen LogP) is 3.04. The molecule has 1 N–H and O–H groups in total. The normalized spacial score (nSPS) is 10.3. The predicted molar refractivity (Wildman–Crippen MR) is 71.3 cm³/mol. The molecule has 1 amide bonds. The Morgan fingerprint density at radius 1 is 1.53 bits per heavy atom. The lowest BCUT2D eigenvalue weighted by Gasteiger charge is -2.04. The van der Waals surface area contributed by atoms with E-state index in [1.54, 1.807) is 25.1 Å². The number of carbonyl (C=O) groups excluding carboxylic acids is 1. The van der Waals surface area contributed by atoms with Gasteiger partial charge in [0.05, 0.1) is 10.6 Å². The van der Waals surface area contributed by atoms with Crippen LogP contribution < -0.4 is 5.32 Å². The summed E-state index contributed by atoms with van der Waals surface area (Å²) in [5, 5.41) is 3.46. The second-order valence-corrected chi connectivity index (χ2v) is 4.94. The highest BCUT2D eigenvalue weighted by molar-refractivity contribution is 7.80. The number of aromatic nitrogens is 2. The zero-order valence-electron chi connectivity index (χ0n) is 8.77. The van der Waals surface area contributed by atoms with Gasteiger partial charge in [0.2, 0.25) is 5.13 Å². The van der Waals surface area contributed by atoms with Crippen molar-refractivity contribution in [3.8, 4) is 0 Å². The maximum absolute atomic E-state index is 11.9. The Balaban J connectivity index is 2.22. The van der Waals surface area contributed by atoms with Crippen LogP contribution in [0.2, 0.25) is 5.02 Å². The van der Waals surface area contributed by atoms with E-state index in [9.17, 15) is 4.79 Å². The van der Waals surface area contributed by atoms with E-state index in [-0.39, 0.29) is 5.91 Å². The molecule has 0 bridgehead atoms. The number of anilines is 1. The lowest BCUT2D eigenvalue weighted by Crippen LogP contribution is -2.12. The molecule has 0 unspecified atom stereocenters.